The molecule has 0 radical (unpaired) electrons. The molecule has 3 heterocycles. The Hall–Kier alpha value is -2.97. The van der Waals surface area contributed by atoms with Crippen LogP contribution in [0.5, 0.6) is 0 Å². The maximum Gasteiger partial charge on any atom is 0.325 e. The zero-order valence-corrected chi connectivity index (χ0v) is 12.0. The van der Waals surface area contributed by atoms with Gasteiger partial charge in [-0.05, 0) is 19.9 Å². The number of urea groups is 1. The van der Waals surface area contributed by atoms with Crippen molar-refractivity contribution in [3.63, 3.8) is 0 Å². The average molecular weight is 303 g/mol. The summed E-state index contributed by atoms with van der Waals surface area (Å²) in [6, 6.07) is 1.23. The van der Waals surface area contributed by atoms with Crippen molar-refractivity contribution >= 4 is 34.9 Å². The Morgan fingerprint density at radius 2 is 2.18 bits per heavy atom. The number of furan rings is 1. The van der Waals surface area contributed by atoms with Crippen molar-refractivity contribution < 1.29 is 18.8 Å². The second-order valence-corrected chi connectivity index (χ2v) is 4.97. The number of nitrogens with zero attached hydrogens (tertiary/aromatic N) is 3. The van der Waals surface area contributed by atoms with Gasteiger partial charge >= 0.3 is 6.03 Å². The summed E-state index contributed by atoms with van der Waals surface area (Å²) in [4.78, 5) is 43.7. The Balaban J connectivity index is 1.74. The van der Waals surface area contributed by atoms with Crippen molar-refractivity contribution in [1.29, 1.82) is 0 Å². The van der Waals surface area contributed by atoms with Crippen LogP contribution in [0.2, 0.25) is 0 Å². The SMILES string of the molecule is Cc1cc2c(C)nc(NC(=O)CN3CC(=O)NC3=O)nc2o1. The highest BCUT2D eigenvalue weighted by Gasteiger charge is 2.28. The van der Waals surface area contributed by atoms with Crippen LogP contribution in [0.15, 0.2) is 10.5 Å². The highest BCUT2D eigenvalue weighted by Crippen LogP contribution is 2.20. The molecule has 22 heavy (non-hydrogen) atoms. The fourth-order valence-corrected chi connectivity index (χ4v) is 2.19. The quantitative estimate of drug-likeness (QED) is 0.789. The summed E-state index contributed by atoms with van der Waals surface area (Å²) in [6.07, 6.45) is 0. The molecule has 2 N–H and O–H groups in total. The zero-order valence-electron chi connectivity index (χ0n) is 12.0. The van der Waals surface area contributed by atoms with Gasteiger partial charge in [0.1, 0.15) is 18.8 Å². The highest BCUT2D eigenvalue weighted by atomic mass is 16.3. The van der Waals surface area contributed by atoms with Gasteiger partial charge in [0.2, 0.25) is 23.5 Å². The average Bonchev–Trinajstić information content (AvgIpc) is 2.92. The number of nitrogens with one attached hydrogen (secondary N) is 2. The van der Waals surface area contributed by atoms with E-state index in [0.29, 0.717) is 17.2 Å². The Labute approximate surface area is 124 Å². The molecule has 0 aromatic carbocycles. The van der Waals surface area contributed by atoms with E-state index in [0.717, 1.165) is 10.3 Å². The van der Waals surface area contributed by atoms with Gasteiger partial charge in [0.15, 0.2) is 0 Å². The lowest BCUT2D eigenvalue weighted by Gasteiger charge is -2.12. The Bertz CT molecular complexity index is 797. The molecule has 0 unspecified atom stereocenters. The summed E-state index contributed by atoms with van der Waals surface area (Å²) >= 11 is 0. The maximum absolute atomic E-state index is 11.9. The molecule has 0 spiro atoms. The van der Waals surface area contributed by atoms with Gasteiger partial charge in [0.25, 0.3) is 0 Å². The van der Waals surface area contributed by atoms with Gasteiger partial charge in [-0.25, -0.2) is 9.78 Å². The molecule has 9 heteroatoms. The molecule has 0 atom stereocenters. The van der Waals surface area contributed by atoms with Gasteiger partial charge < -0.3 is 9.32 Å². The number of aryl methyl sites for hydroxylation is 2. The van der Waals surface area contributed by atoms with Crippen LogP contribution in [-0.4, -0.2) is 45.8 Å². The minimum Gasteiger partial charge on any atom is -0.443 e. The van der Waals surface area contributed by atoms with Crippen molar-refractivity contribution in [3.05, 3.63) is 17.5 Å². The van der Waals surface area contributed by atoms with Crippen molar-refractivity contribution in [2.45, 2.75) is 13.8 Å². The van der Waals surface area contributed by atoms with E-state index in [-0.39, 0.29) is 19.0 Å². The minimum atomic E-state index is -0.589. The smallest absolute Gasteiger partial charge is 0.325 e. The predicted molar refractivity (Wildman–Crippen MR) is 75.0 cm³/mol. The van der Waals surface area contributed by atoms with Gasteiger partial charge in [0, 0.05) is 0 Å². The number of rotatable bonds is 3. The standard InChI is InChI=1S/C13H13N5O4/c1-6-3-8-7(2)14-12(17-11(8)22-6)15-9(19)4-18-5-10(20)16-13(18)21/h3H,4-5H2,1-2H3,(H,16,20,21)(H,14,15,17,19). The molecule has 4 amide bonds. The molecule has 0 bridgehead atoms. The van der Waals surface area contributed by atoms with Crippen LogP contribution >= 0.6 is 0 Å². The molecular formula is C13H13N5O4. The first-order chi connectivity index (χ1) is 10.4. The third-order valence-electron chi connectivity index (χ3n) is 3.16. The lowest BCUT2D eigenvalue weighted by atomic mass is 10.3. The molecule has 1 aliphatic rings. The zero-order chi connectivity index (χ0) is 15.9. The molecular weight excluding hydrogens is 290 g/mol. The van der Waals surface area contributed by atoms with Gasteiger partial charge in [-0.15, -0.1) is 0 Å². The van der Waals surface area contributed by atoms with Crippen LogP contribution in [0.4, 0.5) is 10.7 Å². The summed E-state index contributed by atoms with van der Waals surface area (Å²) in [5, 5.41) is 5.36. The summed E-state index contributed by atoms with van der Waals surface area (Å²) in [5.41, 5.74) is 1.06. The molecule has 2 aromatic rings. The maximum atomic E-state index is 11.9. The lowest BCUT2D eigenvalue weighted by molar-refractivity contribution is -0.119. The van der Waals surface area contributed by atoms with Gasteiger partial charge in [0.05, 0.1) is 11.1 Å². The molecule has 3 rings (SSSR count). The van der Waals surface area contributed by atoms with E-state index in [2.05, 4.69) is 20.6 Å². The van der Waals surface area contributed by atoms with E-state index in [1.807, 2.05) is 6.07 Å². The summed E-state index contributed by atoms with van der Waals surface area (Å²) < 4.78 is 5.41. The van der Waals surface area contributed by atoms with Gasteiger partial charge in [-0.2, -0.15) is 4.98 Å². The van der Waals surface area contributed by atoms with Gasteiger partial charge in [-0.3, -0.25) is 20.2 Å². The highest BCUT2D eigenvalue weighted by molar-refractivity contribution is 6.04. The van der Waals surface area contributed by atoms with Crippen LogP contribution < -0.4 is 10.6 Å². The second kappa shape index (κ2) is 5.10. The third kappa shape index (κ3) is 2.60. The van der Waals surface area contributed by atoms with E-state index in [1.54, 1.807) is 13.8 Å². The van der Waals surface area contributed by atoms with Crippen molar-refractivity contribution in [2.24, 2.45) is 0 Å². The number of carbonyl (C=O) groups excluding carboxylic acids is 3. The molecule has 0 saturated carbocycles. The number of hydrogen-bond acceptors (Lipinski definition) is 6. The van der Waals surface area contributed by atoms with Crippen molar-refractivity contribution in [3.8, 4) is 0 Å². The van der Waals surface area contributed by atoms with Crippen molar-refractivity contribution in [1.82, 2.24) is 20.2 Å². The number of carbonyl (C=O) groups is 3. The number of anilines is 1. The number of aromatic nitrogens is 2. The van der Waals surface area contributed by atoms with E-state index < -0.39 is 17.8 Å². The Morgan fingerprint density at radius 1 is 1.41 bits per heavy atom. The first kappa shape index (κ1) is 14.0. The Morgan fingerprint density at radius 3 is 2.86 bits per heavy atom. The number of hydrogen-bond donors (Lipinski definition) is 2. The first-order valence-corrected chi connectivity index (χ1v) is 6.56. The monoisotopic (exact) mass is 303 g/mol. The van der Waals surface area contributed by atoms with E-state index in [1.165, 1.54) is 0 Å². The molecule has 9 nitrogen and oxygen atoms in total. The van der Waals surface area contributed by atoms with Crippen LogP contribution in [0.3, 0.4) is 0 Å². The van der Waals surface area contributed by atoms with E-state index in [4.69, 9.17) is 4.42 Å². The van der Waals surface area contributed by atoms with E-state index in [9.17, 15) is 14.4 Å². The van der Waals surface area contributed by atoms with Crippen LogP contribution in [0, 0.1) is 13.8 Å². The van der Waals surface area contributed by atoms with Gasteiger partial charge in [-0.1, -0.05) is 0 Å². The Kier molecular flexibility index (Phi) is 3.24. The summed E-state index contributed by atoms with van der Waals surface area (Å²) in [6.45, 7) is 3.18. The van der Waals surface area contributed by atoms with Crippen LogP contribution in [0.1, 0.15) is 11.5 Å². The second-order valence-electron chi connectivity index (χ2n) is 4.97. The normalized spacial score (nSPS) is 14.5. The fourth-order valence-electron chi connectivity index (χ4n) is 2.19. The molecule has 2 aromatic heterocycles. The predicted octanol–water partition coefficient (Wildman–Crippen LogP) is 0.330. The summed E-state index contributed by atoms with van der Waals surface area (Å²) in [7, 11) is 0. The molecule has 0 aliphatic carbocycles. The first-order valence-electron chi connectivity index (χ1n) is 6.56. The number of imide groups is 1. The largest absolute Gasteiger partial charge is 0.443 e. The lowest BCUT2D eigenvalue weighted by Crippen LogP contribution is -2.36. The minimum absolute atomic E-state index is 0.0929. The fraction of sp³-hybridized carbons (Fsp3) is 0.308. The number of amides is 4. The topological polar surface area (TPSA) is 117 Å². The molecule has 1 saturated heterocycles. The molecule has 1 fully saturated rings. The number of fused-ring (bicyclic) bond motifs is 1. The molecule has 1 aliphatic heterocycles. The van der Waals surface area contributed by atoms with Crippen molar-refractivity contribution in [2.75, 3.05) is 18.4 Å². The molecule has 114 valence electrons. The van der Waals surface area contributed by atoms with Crippen LogP contribution in [0.25, 0.3) is 11.1 Å². The van der Waals surface area contributed by atoms with E-state index >= 15 is 0 Å². The summed E-state index contributed by atoms with van der Waals surface area (Å²) in [5.74, 6) is -0.136. The van der Waals surface area contributed by atoms with Crippen LogP contribution in [-0.2, 0) is 9.59 Å². The third-order valence-corrected chi connectivity index (χ3v) is 3.16.